The predicted octanol–water partition coefficient (Wildman–Crippen LogP) is 5.63. The number of hydrogen-bond acceptors (Lipinski definition) is 2. The van der Waals surface area contributed by atoms with Gasteiger partial charge >= 0.3 is 0 Å². The molecule has 2 aromatic carbocycles. The highest BCUT2D eigenvalue weighted by Gasteiger charge is 2.65. The number of imidazole rings is 1. The Morgan fingerprint density at radius 3 is 2.64 bits per heavy atom. The smallest absolute Gasteiger partial charge is 0.138 e. The van der Waals surface area contributed by atoms with Gasteiger partial charge in [0.2, 0.25) is 0 Å². The first-order valence-electron chi connectivity index (χ1n) is 11.0. The lowest BCUT2D eigenvalue weighted by atomic mass is 9.91. The van der Waals surface area contributed by atoms with Crippen molar-refractivity contribution in [1.29, 1.82) is 0 Å². The predicted molar refractivity (Wildman–Crippen MR) is 116 cm³/mol. The number of nitrogens with zero attached hydrogens (tertiary/aromatic N) is 2. The van der Waals surface area contributed by atoms with Crippen LogP contribution in [0.5, 0.6) is 0 Å². The van der Waals surface area contributed by atoms with Gasteiger partial charge in [-0.15, -0.1) is 0 Å². The van der Waals surface area contributed by atoms with Crippen LogP contribution >= 0.6 is 0 Å². The second kappa shape index (κ2) is 7.04. The lowest BCUT2D eigenvalue weighted by molar-refractivity contribution is 0.271. The topological polar surface area (TPSA) is 31.9 Å². The Labute approximate surface area is 168 Å². The van der Waals surface area contributed by atoms with Gasteiger partial charge in [0.05, 0.1) is 11.0 Å². The maximum atomic E-state index is 4.80. The Kier molecular flexibility index (Phi) is 4.51. The zero-order chi connectivity index (χ0) is 19.1. The van der Waals surface area contributed by atoms with E-state index in [2.05, 4.69) is 66.2 Å². The molecule has 1 saturated carbocycles. The van der Waals surface area contributed by atoms with E-state index in [1.165, 1.54) is 56.4 Å². The summed E-state index contributed by atoms with van der Waals surface area (Å²) in [5.41, 5.74) is 5.19. The summed E-state index contributed by atoms with van der Waals surface area (Å²) in [5, 5.41) is 0. The number of unbranched alkanes of at least 4 members (excludes halogenated alkanes) is 3. The molecule has 1 aliphatic carbocycles. The lowest BCUT2D eigenvalue weighted by Gasteiger charge is -2.24. The van der Waals surface area contributed by atoms with E-state index in [-0.39, 0.29) is 0 Å². The van der Waals surface area contributed by atoms with Crippen molar-refractivity contribution in [3.8, 4) is 11.4 Å². The number of piperidine rings is 1. The largest absolute Gasteiger partial charge is 0.338 e. The van der Waals surface area contributed by atoms with Gasteiger partial charge in [0, 0.05) is 24.1 Å². The quantitative estimate of drug-likeness (QED) is 0.544. The molecule has 146 valence electrons. The summed E-state index contributed by atoms with van der Waals surface area (Å²) in [7, 11) is 0. The molecular weight excluding hydrogens is 342 g/mol. The highest BCUT2D eigenvalue weighted by atomic mass is 15.2. The van der Waals surface area contributed by atoms with Gasteiger partial charge in [-0.05, 0) is 48.6 Å². The number of fused-ring (bicyclic) bond motifs is 2. The monoisotopic (exact) mass is 373 g/mol. The first kappa shape index (κ1) is 17.9. The molecule has 0 bridgehead atoms. The summed E-state index contributed by atoms with van der Waals surface area (Å²) in [5.74, 6) is 2.63. The molecule has 2 unspecified atom stereocenters. The van der Waals surface area contributed by atoms with E-state index in [0.29, 0.717) is 5.41 Å². The summed E-state index contributed by atoms with van der Waals surface area (Å²) in [6, 6.07) is 17.4. The molecule has 3 heteroatoms. The van der Waals surface area contributed by atoms with Crippen LogP contribution in [0, 0.1) is 11.8 Å². The number of rotatable bonds is 7. The zero-order valence-corrected chi connectivity index (χ0v) is 17.1. The van der Waals surface area contributed by atoms with E-state index < -0.39 is 0 Å². The van der Waals surface area contributed by atoms with Crippen LogP contribution in [0.15, 0.2) is 48.5 Å². The molecule has 2 fully saturated rings. The van der Waals surface area contributed by atoms with Gasteiger partial charge in [-0.2, -0.15) is 0 Å². The molecule has 2 heterocycles. The van der Waals surface area contributed by atoms with E-state index >= 15 is 0 Å². The van der Waals surface area contributed by atoms with Gasteiger partial charge in [-0.25, -0.2) is 4.98 Å². The van der Waals surface area contributed by atoms with Crippen LogP contribution in [0.2, 0.25) is 0 Å². The molecule has 0 radical (unpaired) electrons. The van der Waals surface area contributed by atoms with Crippen molar-refractivity contribution >= 4 is 11.0 Å². The molecule has 28 heavy (non-hydrogen) atoms. The summed E-state index contributed by atoms with van der Waals surface area (Å²) >= 11 is 0. The van der Waals surface area contributed by atoms with Crippen molar-refractivity contribution in [1.82, 2.24) is 14.9 Å². The van der Waals surface area contributed by atoms with Gasteiger partial charge in [0.1, 0.15) is 5.82 Å². The molecule has 1 aliphatic heterocycles. The molecule has 2 aliphatic rings. The van der Waals surface area contributed by atoms with Crippen LogP contribution in [0.1, 0.15) is 45.1 Å². The molecule has 0 spiro atoms. The Morgan fingerprint density at radius 1 is 1.04 bits per heavy atom. The second-order valence-corrected chi connectivity index (χ2v) is 9.00. The summed E-state index contributed by atoms with van der Waals surface area (Å²) in [6.07, 6.45) is 5.46. The number of likely N-dealkylation sites (tertiary alicyclic amines) is 1. The third-order valence-electron chi connectivity index (χ3n) is 7.30. The third kappa shape index (κ3) is 2.97. The van der Waals surface area contributed by atoms with Gasteiger partial charge in [0.15, 0.2) is 0 Å². The molecule has 3 aromatic rings. The molecule has 1 N–H and O–H groups in total. The number of aromatic nitrogens is 2. The summed E-state index contributed by atoms with van der Waals surface area (Å²) in [4.78, 5) is 11.0. The molecule has 3 nitrogen and oxygen atoms in total. The average Bonchev–Trinajstić information content (AvgIpc) is 3.12. The standard InChI is InChI=1S/C25H31N3/c1-3-4-5-8-14-28-16-20-21(17-28)25(20,2)19-11-9-10-18(15-19)24-26-22-12-6-7-13-23(22)27-24/h6-7,9-13,15,20-21H,3-5,8,14,16-17H2,1-2H3,(H,26,27). The normalized spacial score (nSPS) is 26.6. The first-order valence-corrected chi connectivity index (χ1v) is 11.0. The number of para-hydroxylation sites is 2. The van der Waals surface area contributed by atoms with Crippen molar-refractivity contribution in [2.75, 3.05) is 19.6 Å². The number of hydrogen-bond donors (Lipinski definition) is 1. The minimum atomic E-state index is 0.349. The van der Waals surface area contributed by atoms with Crippen molar-refractivity contribution in [3.63, 3.8) is 0 Å². The third-order valence-corrected chi connectivity index (χ3v) is 7.30. The van der Waals surface area contributed by atoms with E-state index in [1.54, 1.807) is 0 Å². The van der Waals surface area contributed by atoms with Crippen LogP contribution in [0.4, 0.5) is 0 Å². The lowest BCUT2D eigenvalue weighted by Crippen LogP contribution is -2.29. The second-order valence-electron chi connectivity index (χ2n) is 9.00. The SMILES string of the molecule is CCCCCCN1CC2C(C1)C2(C)c1cccc(-c2nc3ccccc3[nH]2)c1. The Bertz CT molecular complexity index is 928. The summed E-state index contributed by atoms with van der Waals surface area (Å²) < 4.78 is 0. The number of aromatic amines is 1. The van der Waals surface area contributed by atoms with Crippen molar-refractivity contribution < 1.29 is 0 Å². The fourth-order valence-electron chi connectivity index (χ4n) is 5.43. The maximum absolute atomic E-state index is 4.80. The number of nitrogens with one attached hydrogen (secondary N) is 1. The Morgan fingerprint density at radius 2 is 1.86 bits per heavy atom. The van der Waals surface area contributed by atoms with E-state index in [1.807, 2.05) is 6.07 Å². The average molecular weight is 374 g/mol. The Hall–Kier alpha value is -2.13. The van der Waals surface area contributed by atoms with Crippen LogP contribution in [0.3, 0.4) is 0 Å². The van der Waals surface area contributed by atoms with E-state index in [9.17, 15) is 0 Å². The van der Waals surface area contributed by atoms with Crippen molar-refractivity contribution in [2.24, 2.45) is 11.8 Å². The summed E-state index contributed by atoms with van der Waals surface area (Å²) in [6.45, 7) is 8.62. The van der Waals surface area contributed by atoms with Crippen LogP contribution in [-0.2, 0) is 5.41 Å². The van der Waals surface area contributed by atoms with Crippen LogP contribution in [0.25, 0.3) is 22.4 Å². The fraction of sp³-hybridized carbons (Fsp3) is 0.480. The number of H-pyrrole nitrogens is 1. The fourth-order valence-corrected chi connectivity index (χ4v) is 5.43. The highest BCUT2D eigenvalue weighted by molar-refractivity contribution is 5.79. The maximum Gasteiger partial charge on any atom is 0.138 e. The molecule has 2 atom stereocenters. The molecule has 1 saturated heterocycles. The van der Waals surface area contributed by atoms with Crippen molar-refractivity contribution in [3.05, 3.63) is 54.1 Å². The minimum absolute atomic E-state index is 0.349. The highest BCUT2D eigenvalue weighted by Crippen LogP contribution is 2.63. The molecule has 5 rings (SSSR count). The van der Waals surface area contributed by atoms with Crippen LogP contribution < -0.4 is 0 Å². The van der Waals surface area contributed by atoms with Gasteiger partial charge in [0.25, 0.3) is 0 Å². The van der Waals surface area contributed by atoms with E-state index in [4.69, 9.17) is 4.98 Å². The number of benzene rings is 2. The van der Waals surface area contributed by atoms with Gasteiger partial charge < -0.3 is 9.88 Å². The molecule has 0 amide bonds. The Balaban J connectivity index is 1.30. The zero-order valence-electron chi connectivity index (χ0n) is 17.1. The van der Waals surface area contributed by atoms with Crippen LogP contribution in [-0.4, -0.2) is 34.5 Å². The van der Waals surface area contributed by atoms with E-state index in [0.717, 1.165) is 28.7 Å². The molecule has 1 aromatic heterocycles. The first-order chi connectivity index (χ1) is 13.7. The van der Waals surface area contributed by atoms with Gasteiger partial charge in [-0.1, -0.05) is 63.4 Å². The minimum Gasteiger partial charge on any atom is -0.338 e. The van der Waals surface area contributed by atoms with Crippen molar-refractivity contribution in [2.45, 2.75) is 44.9 Å². The van der Waals surface area contributed by atoms with Gasteiger partial charge in [-0.3, -0.25) is 0 Å². The molecular formula is C25H31N3.